The lowest BCUT2D eigenvalue weighted by atomic mass is 9.95. The van der Waals surface area contributed by atoms with Gasteiger partial charge in [0.2, 0.25) is 0 Å². The number of carbonyl (C=O) groups excluding carboxylic acids is 2. The molecule has 2 aromatic carbocycles. The number of aliphatic hydroxyl groups is 1. The van der Waals surface area contributed by atoms with Gasteiger partial charge in [0, 0.05) is 29.3 Å². The van der Waals surface area contributed by atoms with Crippen LogP contribution in [0.4, 0.5) is 5.69 Å². The molecule has 0 spiro atoms. The fourth-order valence-electron chi connectivity index (χ4n) is 4.59. The predicted molar refractivity (Wildman–Crippen MR) is 144 cm³/mol. The van der Waals surface area contributed by atoms with Gasteiger partial charge in [0.05, 0.1) is 16.5 Å². The monoisotopic (exact) mass is 527 g/mol. The molecule has 9 heteroatoms. The van der Waals surface area contributed by atoms with Crippen LogP contribution < -0.4 is 0 Å². The summed E-state index contributed by atoms with van der Waals surface area (Å²) in [6.45, 7) is 7.29. The second kappa shape index (κ2) is 13.4. The quantitative estimate of drug-likeness (QED) is 0.113. The fraction of sp³-hybridized carbons (Fsp3) is 0.429. The Kier molecular flexibility index (Phi) is 10.2. The van der Waals surface area contributed by atoms with Crippen LogP contribution in [-0.4, -0.2) is 57.7 Å². The van der Waals surface area contributed by atoms with Crippen molar-refractivity contribution in [2.24, 2.45) is 0 Å². The number of nitro benzene ring substituents is 1. The van der Waals surface area contributed by atoms with E-state index in [-0.39, 0.29) is 23.6 Å². The van der Waals surface area contributed by atoms with Gasteiger partial charge < -0.3 is 14.9 Å². The van der Waals surface area contributed by atoms with Crippen LogP contribution in [0.15, 0.2) is 54.1 Å². The van der Waals surface area contributed by atoms with Gasteiger partial charge in [0.1, 0.15) is 5.76 Å². The zero-order valence-electron chi connectivity index (χ0n) is 21.4. The van der Waals surface area contributed by atoms with Crippen LogP contribution in [0.5, 0.6) is 0 Å². The molecule has 1 aliphatic rings. The number of halogens is 1. The molecular weight excluding hydrogens is 494 g/mol. The SMILES string of the molecule is CCCCN(CCCC)CCCN1C(=O)C(=O)C(=C(O)c2ccc(Cl)cc2)[C@H]1c1cccc([N+](=O)[O-])c1. The molecule has 1 aliphatic heterocycles. The molecule has 1 atom stereocenters. The minimum absolute atomic E-state index is 0.0818. The van der Waals surface area contributed by atoms with Gasteiger partial charge in [-0.25, -0.2) is 0 Å². The normalized spacial score (nSPS) is 17.1. The molecule has 0 aromatic heterocycles. The van der Waals surface area contributed by atoms with Gasteiger partial charge in [-0.15, -0.1) is 0 Å². The number of benzene rings is 2. The fourth-order valence-corrected chi connectivity index (χ4v) is 4.72. The largest absolute Gasteiger partial charge is 0.507 e. The first-order valence-corrected chi connectivity index (χ1v) is 13.2. The first-order chi connectivity index (χ1) is 17.8. The number of ketones is 1. The van der Waals surface area contributed by atoms with Crippen molar-refractivity contribution in [1.29, 1.82) is 0 Å². The summed E-state index contributed by atoms with van der Waals surface area (Å²) >= 11 is 5.97. The summed E-state index contributed by atoms with van der Waals surface area (Å²) in [5.74, 6) is -1.86. The highest BCUT2D eigenvalue weighted by Gasteiger charge is 2.46. The number of hydrogen-bond donors (Lipinski definition) is 1. The lowest BCUT2D eigenvalue weighted by Gasteiger charge is -2.27. The molecule has 2 aromatic rings. The molecule has 0 saturated carbocycles. The van der Waals surface area contributed by atoms with Crippen molar-refractivity contribution in [3.63, 3.8) is 0 Å². The van der Waals surface area contributed by atoms with E-state index < -0.39 is 22.7 Å². The van der Waals surface area contributed by atoms with Crippen molar-refractivity contribution in [3.05, 3.63) is 80.4 Å². The van der Waals surface area contributed by atoms with Crippen LogP contribution >= 0.6 is 11.6 Å². The Balaban J connectivity index is 1.96. The van der Waals surface area contributed by atoms with Crippen LogP contribution in [0.2, 0.25) is 5.02 Å². The van der Waals surface area contributed by atoms with E-state index in [1.54, 1.807) is 30.3 Å². The highest BCUT2D eigenvalue weighted by molar-refractivity contribution is 6.46. The lowest BCUT2D eigenvalue weighted by Crippen LogP contribution is -2.34. The molecule has 1 heterocycles. The van der Waals surface area contributed by atoms with Crippen LogP contribution in [-0.2, 0) is 9.59 Å². The average molecular weight is 528 g/mol. The van der Waals surface area contributed by atoms with E-state index in [4.69, 9.17) is 11.6 Å². The van der Waals surface area contributed by atoms with Gasteiger partial charge >= 0.3 is 0 Å². The standard InChI is InChI=1S/C28H34ClN3O5/c1-3-5-15-30(16-6-4-2)17-8-18-31-25(21-9-7-10-23(19-21)32(36)37)24(27(34)28(31)35)26(33)20-11-13-22(29)14-12-20/h7,9-14,19,25,33H,3-6,8,15-18H2,1-2H3/t25-/m1/s1. The van der Waals surface area contributed by atoms with E-state index in [1.807, 2.05) is 0 Å². The molecule has 0 unspecified atom stereocenters. The van der Waals surface area contributed by atoms with Gasteiger partial charge in [0.25, 0.3) is 17.4 Å². The van der Waals surface area contributed by atoms with E-state index in [2.05, 4.69) is 18.7 Å². The molecule has 0 bridgehead atoms. The van der Waals surface area contributed by atoms with E-state index in [9.17, 15) is 24.8 Å². The Labute approximate surface area is 222 Å². The molecule has 1 amide bonds. The first kappa shape index (κ1) is 28.3. The summed E-state index contributed by atoms with van der Waals surface area (Å²) < 4.78 is 0. The third-order valence-corrected chi connectivity index (χ3v) is 6.84. The zero-order valence-corrected chi connectivity index (χ0v) is 22.1. The van der Waals surface area contributed by atoms with Gasteiger partial charge in [-0.2, -0.15) is 0 Å². The Morgan fingerprint density at radius 3 is 2.24 bits per heavy atom. The molecule has 0 radical (unpaired) electrons. The van der Waals surface area contributed by atoms with Crippen molar-refractivity contribution in [2.75, 3.05) is 26.2 Å². The Morgan fingerprint density at radius 1 is 1.03 bits per heavy atom. The topological polar surface area (TPSA) is 104 Å². The summed E-state index contributed by atoms with van der Waals surface area (Å²) in [4.78, 5) is 41.1. The molecule has 37 heavy (non-hydrogen) atoms. The second-order valence-electron chi connectivity index (χ2n) is 9.25. The number of aliphatic hydroxyl groups excluding tert-OH is 1. The van der Waals surface area contributed by atoms with E-state index in [0.717, 1.165) is 45.3 Å². The minimum Gasteiger partial charge on any atom is -0.507 e. The third kappa shape index (κ3) is 6.96. The number of Topliss-reactive ketones (excluding diaryl/α,β-unsaturated/α-hetero) is 1. The predicted octanol–water partition coefficient (Wildman–Crippen LogP) is 5.96. The van der Waals surface area contributed by atoms with Gasteiger partial charge in [-0.3, -0.25) is 19.7 Å². The Bertz CT molecular complexity index is 1140. The highest BCUT2D eigenvalue weighted by Crippen LogP contribution is 2.40. The van der Waals surface area contributed by atoms with Crippen molar-refractivity contribution >= 4 is 34.7 Å². The number of non-ortho nitro benzene ring substituents is 1. The second-order valence-corrected chi connectivity index (χ2v) is 9.69. The highest BCUT2D eigenvalue weighted by atomic mass is 35.5. The van der Waals surface area contributed by atoms with Gasteiger partial charge in [-0.05, 0) is 68.7 Å². The lowest BCUT2D eigenvalue weighted by molar-refractivity contribution is -0.384. The Hall–Kier alpha value is -3.23. The number of rotatable bonds is 13. The number of unbranched alkanes of at least 4 members (excludes halogenated alkanes) is 2. The maximum Gasteiger partial charge on any atom is 0.295 e. The molecule has 8 nitrogen and oxygen atoms in total. The summed E-state index contributed by atoms with van der Waals surface area (Å²) in [7, 11) is 0. The number of hydrogen-bond acceptors (Lipinski definition) is 6. The van der Waals surface area contributed by atoms with Crippen LogP contribution in [0, 0.1) is 10.1 Å². The molecular formula is C28H34ClN3O5. The molecule has 198 valence electrons. The molecule has 1 N–H and O–H groups in total. The van der Waals surface area contributed by atoms with Gasteiger partial charge in [-0.1, -0.05) is 50.4 Å². The molecule has 1 saturated heterocycles. The van der Waals surface area contributed by atoms with Crippen molar-refractivity contribution in [3.8, 4) is 0 Å². The third-order valence-electron chi connectivity index (χ3n) is 6.58. The molecule has 1 fully saturated rings. The van der Waals surface area contributed by atoms with Crippen LogP contribution in [0.3, 0.4) is 0 Å². The van der Waals surface area contributed by atoms with Crippen molar-refractivity contribution < 1.29 is 19.6 Å². The number of nitro groups is 1. The van der Waals surface area contributed by atoms with E-state index >= 15 is 0 Å². The summed E-state index contributed by atoms with van der Waals surface area (Å²) in [6.07, 6.45) is 4.99. The zero-order chi connectivity index (χ0) is 26.9. The van der Waals surface area contributed by atoms with E-state index in [1.165, 1.54) is 23.1 Å². The molecule has 0 aliphatic carbocycles. The van der Waals surface area contributed by atoms with Crippen molar-refractivity contribution in [2.45, 2.75) is 52.0 Å². The maximum absolute atomic E-state index is 13.2. The summed E-state index contributed by atoms with van der Waals surface area (Å²) in [6, 6.07) is 11.2. The summed E-state index contributed by atoms with van der Waals surface area (Å²) in [5.41, 5.74) is 0.502. The molecule has 3 rings (SSSR count). The van der Waals surface area contributed by atoms with Crippen LogP contribution in [0.1, 0.15) is 63.1 Å². The first-order valence-electron chi connectivity index (χ1n) is 12.8. The van der Waals surface area contributed by atoms with Crippen molar-refractivity contribution in [1.82, 2.24) is 9.80 Å². The maximum atomic E-state index is 13.2. The summed E-state index contributed by atoms with van der Waals surface area (Å²) in [5, 5.41) is 23.0. The number of likely N-dealkylation sites (tertiary alicyclic amines) is 1. The van der Waals surface area contributed by atoms with Gasteiger partial charge in [0.15, 0.2) is 0 Å². The Morgan fingerprint density at radius 2 is 1.65 bits per heavy atom. The van der Waals surface area contributed by atoms with Crippen LogP contribution in [0.25, 0.3) is 5.76 Å². The number of carbonyl (C=O) groups is 2. The number of amides is 1. The number of nitrogens with zero attached hydrogens (tertiary/aromatic N) is 3. The smallest absolute Gasteiger partial charge is 0.295 e. The minimum atomic E-state index is -0.935. The average Bonchev–Trinajstić information content (AvgIpc) is 3.15. The van der Waals surface area contributed by atoms with E-state index in [0.29, 0.717) is 22.6 Å².